The molecule has 0 spiro atoms. The number of hydrogen-bond donors (Lipinski definition) is 0. The van der Waals surface area contributed by atoms with Crippen LogP contribution in [0.2, 0.25) is 0 Å². The minimum Gasteiger partial charge on any atom is -0.159 e. The van der Waals surface area contributed by atoms with Crippen LogP contribution in [0.3, 0.4) is 0 Å². The van der Waals surface area contributed by atoms with Crippen LogP contribution in [0.4, 0.5) is 0 Å². The fraction of sp³-hybridized carbons (Fsp3) is 1.00. The topological polar surface area (TPSA) is 0 Å². The lowest BCUT2D eigenvalue weighted by atomic mass is 10.0. The second kappa shape index (κ2) is 5.06. The van der Waals surface area contributed by atoms with Crippen LogP contribution in [0.25, 0.3) is 0 Å². The molecule has 1 heteroatoms. The van der Waals surface area contributed by atoms with Crippen LogP contribution in [-0.2, 0) is 0 Å². The number of rotatable bonds is 4. The zero-order valence-corrected chi connectivity index (χ0v) is 8.66. The van der Waals surface area contributed by atoms with Crippen LogP contribution in [0.1, 0.15) is 34.6 Å². The molecule has 0 bridgehead atoms. The van der Waals surface area contributed by atoms with E-state index in [0.717, 1.165) is 17.1 Å². The zero-order valence-electron chi connectivity index (χ0n) is 7.85. The molecule has 0 aliphatic carbocycles. The van der Waals surface area contributed by atoms with Crippen molar-refractivity contribution in [2.45, 2.75) is 39.9 Å². The van der Waals surface area contributed by atoms with Crippen molar-refractivity contribution in [3.8, 4) is 0 Å². The molecule has 1 atom stereocenters. The quantitative estimate of drug-likeness (QED) is 0.607. The van der Waals surface area contributed by atoms with Gasteiger partial charge in [-0.05, 0) is 22.8 Å². The Hall–Kier alpha value is 0.350. The van der Waals surface area contributed by atoms with Gasteiger partial charge >= 0.3 is 0 Å². The highest BCUT2D eigenvalue weighted by Crippen LogP contribution is 2.19. The van der Waals surface area contributed by atoms with Crippen LogP contribution in [0, 0.1) is 11.8 Å². The van der Waals surface area contributed by atoms with E-state index >= 15 is 0 Å². The van der Waals surface area contributed by atoms with Gasteiger partial charge in [0.15, 0.2) is 0 Å². The Bertz CT molecular complexity index is 76.8. The van der Waals surface area contributed by atoms with Crippen molar-refractivity contribution in [3.05, 3.63) is 0 Å². The average Bonchev–Trinajstić information content (AvgIpc) is 1.82. The van der Waals surface area contributed by atoms with Gasteiger partial charge in [-0.1, -0.05) is 34.6 Å². The molecule has 0 amide bonds. The minimum absolute atomic E-state index is 0.793. The monoisotopic (exact) mass is 160 g/mol. The molecular formula is C9H20S. The Morgan fingerprint density at radius 1 is 1.00 bits per heavy atom. The second-order valence-corrected chi connectivity index (χ2v) is 5.21. The van der Waals surface area contributed by atoms with Gasteiger partial charge in [-0.2, -0.15) is 11.8 Å². The molecule has 0 aromatic carbocycles. The number of hydrogen-bond acceptors (Lipinski definition) is 1. The molecule has 0 radical (unpaired) electrons. The fourth-order valence-corrected chi connectivity index (χ4v) is 1.61. The molecule has 0 nitrogen and oxygen atoms in total. The highest BCUT2D eigenvalue weighted by molar-refractivity contribution is 7.99. The maximum absolute atomic E-state index is 2.33. The van der Waals surface area contributed by atoms with E-state index in [2.05, 4.69) is 46.4 Å². The summed E-state index contributed by atoms with van der Waals surface area (Å²) in [5.74, 6) is 3.02. The van der Waals surface area contributed by atoms with Crippen molar-refractivity contribution in [3.63, 3.8) is 0 Å². The lowest BCUT2D eigenvalue weighted by molar-refractivity contribution is 0.464. The normalized spacial score (nSPS) is 14.7. The maximum Gasteiger partial charge on any atom is -0.000958 e. The lowest BCUT2D eigenvalue weighted by Crippen LogP contribution is -2.08. The minimum atomic E-state index is 0.793. The first-order chi connectivity index (χ1) is 4.54. The van der Waals surface area contributed by atoms with E-state index in [1.165, 1.54) is 5.75 Å². The molecule has 0 saturated heterocycles. The molecule has 10 heavy (non-hydrogen) atoms. The summed E-state index contributed by atoms with van der Waals surface area (Å²) < 4.78 is 0. The van der Waals surface area contributed by atoms with Gasteiger partial charge in [0.05, 0.1) is 0 Å². The molecule has 0 aliphatic heterocycles. The van der Waals surface area contributed by atoms with Gasteiger partial charge in [0, 0.05) is 0 Å². The molecule has 0 aromatic rings. The van der Waals surface area contributed by atoms with Crippen molar-refractivity contribution < 1.29 is 0 Å². The van der Waals surface area contributed by atoms with Crippen molar-refractivity contribution in [1.29, 1.82) is 0 Å². The van der Waals surface area contributed by atoms with Crippen molar-refractivity contribution in [1.82, 2.24) is 0 Å². The van der Waals surface area contributed by atoms with E-state index in [0.29, 0.717) is 0 Å². The van der Waals surface area contributed by atoms with E-state index in [1.807, 2.05) is 0 Å². The zero-order chi connectivity index (χ0) is 8.15. The van der Waals surface area contributed by atoms with E-state index in [-0.39, 0.29) is 0 Å². The fourth-order valence-electron chi connectivity index (χ4n) is 0.537. The highest BCUT2D eigenvalue weighted by Gasteiger charge is 2.07. The molecule has 0 aromatic heterocycles. The molecule has 0 N–H and O–H groups in total. The van der Waals surface area contributed by atoms with Gasteiger partial charge in [0.25, 0.3) is 0 Å². The van der Waals surface area contributed by atoms with Gasteiger partial charge < -0.3 is 0 Å². The van der Waals surface area contributed by atoms with Crippen LogP contribution in [0.15, 0.2) is 0 Å². The van der Waals surface area contributed by atoms with E-state index < -0.39 is 0 Å². The third-order valence-electron chi connectivity index (χ3n) is 1.83. The predicted octanol–water partition coefficient (Wildman–Crippen LogP) is 3.42. The lowest BCUT2D eigenvalue weighted by Gasteiger charge is -2.15. The summed E-state index contributed by atoms with van der Waals surface area (Å²) >= 11 is 2.07. The van der Waals surface area contributed by atoms with Crippen LogP contribution >= 0.6 is 11.8 Å². The third kappa shape index (κ3) is 5.16. The predicted molar refractivity (Wildman–Crippen MR) is 51.6 cm³/mol. The molecule has 0 fully saturated rings. The SMILES string of the molecule is CC(C)SCC(C)C(C)C. The van der Waals surface area contributed by atoms with Crippen LogP contribution in [-0.4, -0.2) is 11.0 Å². The van der Waals surface area contributed by atoms with Gasteiger partial charge in [-0.3, -0.25) is 0 Å². The summed E-state index contributed by atoms with van der Waals surface area (Å²) in [7, 11) is 0. The molecule has 62 valence electrons. The van der Waals surface area contributed by atoms with Gasteiger partial charge in [-0.25, -0.2) is 0 Å². The van der Waals surface area contributed by atoms with E-state index in [4.69, 9.17) is 0 Å². The Morgan fingerprint density at radius 3 is 1.80 bits per heavy atom. The smallest absolute Gasteiger partial charge is 0.000958 e. The summed E-state index contributed by atoms with van der Waals surface area (Å²) in [6.07, 6.45) is 0. The Kier molecular flexibility index (Phi) is 5.24. The van der Waals surface area contributed by atoms with Gasteiger partial charge in [0.2, 0.25) is 0 Å². The van der Waals surface area contributed by atoms with Crippen LogP contribution in [0.5, 0.6) is 0 Å². The number of thioether (sulfide) groups is 1. The first kappa shape index (κ1) is 10.3. The highest BCUT2D eigenvalue weighted by atomic mass is 32.2. The van der Waals surface area contributed by atoms with Gasteiger partial charge in [-0.15, -0.1) is 0 Å². The maximum atomic E-state index is 2.33. The summed E-state index contributed by atoms with van der Waals surface area (Å²) in [4.78, 5) is 0. The van der Waals surface area contributed by atoms with Crippen molar-refractivity contribution in [2.24, 2.45) is 11.8 Å². The van der Waals surface area contributed by atoms with E-state index in [1.54, 1.807) is 0 Å². The second-order valence-electron chi connectivity index (χ2n) is 3.60. The first-order valence-electron chi connectivity index (χ1n) is 4.15. The molecule has 0 aliphatic rings. The molecule has 0 saturated carbocycles. The first-order valence-corrected chi connectivity index (χ1v) is 5.20. The molecule has 0 heterocycles. The molecule has 1 unspecified atom stereocenters. The van der Waals surface area contributed by atoms with Crippen molar-refractivity contribution in [2.75, 3.05) is 5.75 Å². The largest absolute Gasteiger partial charge is 0.159 e. The Labute approximate surface area is 69.8 Å². The molecular weight excluding hydrogens is 140 g/mol. The van der Waals surface area contributed by atoms with E-state index in [9.17, 15) is 0 Å². The summed E-state index contributed by atoms with van der Waals surface area (Å²) in [6.45, 7) is 11.5. The third-order valence-corrected chi connectivity index (χ3v) is 3.22. The molecule has 0 rings (SSSR count). The summed E-state index contributed by atoms with van der Waals surface area (Å²) in [5, 5.41) is 0.793. The van der Waals surface area contributed by atoms with Crippen LogP contribution < -0.4 is 0 Å². The summed E-state index contributed by atoms with van der Waals surface area (Å²) in [5.41, 5.74) is 0. The average molecular weight is 160 g/mol. The Balaban J connectivity index is 3.30. The standard InChI is InChI=1S/C9H20S/c1-7(2)9(5)6-10-8(3)4/h7-9H,6H2,1-5H3. The Morgan fingerprint density at radius 2 is 1.50 bits per heavy atom. The van der Waals surface area contributed by atoms with Crippen molar-refractivity contribution >= 4 is 11.8 Å². The summed E-state index contributed by atoms with van der Waals surface area (Å²) in [6, 6.07) is 0. The van der Waals surface area contributed by atoms with Gasteiger partial charge in [0.1, 0.15) is 0 Å².